The Labute approximate surface area is 185 Å². The molecule has 0 saturated heterocycles. The van der Waals surface area contributed by atoms with Crippen LogP contribution < -0.4 is 19.1 Å². The van der Waals surface area contributed by atoms with Crippen LogP contribution in [0, 0.1) is 13.8 Å². The number of carbonyl (C=O) groups is 1. The van der Waals surface area contributed by atoms with Crippen LogP contribution in [0.15, 0.2) is 42.5 Å². The van der Waals surface area contributed by atoms with Gasteiger partial charge in [-0.3, -0.25) is 9.10 Å². The summed E-state index contributed by atoms with van der Waals surface area (Å²) < 4.78 is 36.7. The molecule has 0 unspecified atom stereocenters. The van der Waals surface area contributed by atoms with E-state index in [1.807, 2.05) is 51.1 Å². The highest BCUT2D eigenvalue weighted by Crippen LogP contribution is 2.22. The molecule has 1 atom stereocenters. The minimum absolute atomic E-state index is 0.139. The van der Waals surface area contributed by atoms with E-state index in [0.717, 1.165) is 16.9 Å². The van der Waals surface area contributed by atoms with Crippen molar-refractivity contribution in [1.82, 2.24) is 5.32 Å². The van der Waals surface area contributed by atoms with Gasteiger partial charge in [-0.05, 0) is 74.7 Å². The highest BCUT2D eigenvalue weighted by Gasteiger charge is 2.18. The molecule has 0 aliphatic rings. The third kappa shape index (κ3) is 8.13. The van der Waals surface area contributed by atoms with Crippen LogP contribution in [0.25, 0.3) is 0 Å². The number of nitrogens with one attached hydrogen (secondary N) is 1. The summed E-state index contributed by atoms with van der Waals surface area (Å²) in [6.45, 7) is 6.29. The van der Waals surface area contributed by atoms with Crippen LogP contribution in [0.2, 0.25) is 0 Å². The lowest BCUT2D eigenvalue weighted by Gasteiger charge is -2.23. The molecule has 8 heteroatoms. The molecule has 2 rings (SSSR count). The molecule has 0 fully saturated rings. The van der Waals surface area contributed by atoms with Crippen LogP contribution in [-0.4, -0.2) is 46.9 Å². The average Bonchev–Trinajstić information content (AvgIpc) is 2.68. The molecule has 0 saturated carbocycles. The first kappa shape index (κ1) is 24.5. The molecule has 1 amide bonds. The van der Waals surface area contributed by atoms with Gasteiger partial charge in [-0.15, -0.1) is 0 Å². The van der Waals surface area contributed by atoms with E-state index in [1.165, 1.54) is 10.6 Å². The maximum Gasteiger partial charge on any atom is 0.232 e. The summed E-state index contributed by atoms with van der Waals surface area (Å²) in [7, 11) is -1.84. The van der Waals surface area contributed by atoms with Crippen LogP contribution in [-0.2, 0) is 14.8 Å². The lowest BCUT2D eigenvalue weighted by Crippen LogP contribution is -2.37. The van der Waals surface area contributed by atoms with Gasteiger partial charge in [0.05, 0.1) is 25.1 Å². The number of hydrogen-bond acceptors (Lipinski definition) is 5. The fraction of sp³-hybridized carbons (Fsp3) is 0.435. The second kappa shape index (κ2) is 11.0. The number of amides is 1. The monoisotopic (exact) mass is 448 g/mol. The highest BCUT2D eigenvalue weighted by molar-refractivity contribution is 7.92. The minimum atomic E-state index is -3.44. The zero-order chi connectivity index (χ0) is 23.0. The van der Waals surface area contributed by atoms with E-state index in [0.29, 0.717) is 24.5 Å². The SMILES string of the molecule is COc1ccc(OC[C@H](C)NC(=O)CCCN(c2cc(C)cc(C)c2)S(C)(=O)=O)cc1. The molecule has 0 spiro atoms. The Morgan fingerprint density at radius 2 is 1.65 bits per heavy atom. The molecular weight excluding hydrogens is 416 g/mol. The van der Waals surface area contributed by atoms with E-state index in [2.05, 4.69) is 5.32 Å². The Morgan fingerprint density at radius 1 is 1.06 bits per heavy atom. The van der Waals surface area contributed by atoms with Gasteiger partial charge in [0.15, 0.2) is 0 Å². The molecule has 2 aromatic rings. The molecule has 0 aliphatic heterocycles. The van der Waals surface area contributed by atoms with Gasteiger partial charge in [0.25, 0.3) is 0 Å². The van der Waals surface area contributed by atoms with Gasteiger partial charge in [0, 0.05) is 13.0 Å². The maximum atomic E-state index is 12.3. The second-order valence-electron chi connectivity index (χ2n) is 7.74. The number of rotatable bonds is 11. The molecule has 1 N–H and O–H groups in total. The molecule has 0 heterocycles. The number of anilines is 1. The summed E-state index contributed by atoms with van der Waals surface area (Å²) in [6.07, 6.45) is 1.82. The summed E-state index contributed by atoms with van der Waals surface area (Å²) in [4.78, 5) is 12.3. The predicted molar refractivity (Wildman–Crippen MR) is 123 cm³/mol. The molecule has 2 aromatic carbocycles. The molecule has 0 aromatic heterocycles. The second-order valence-corrected chi connectivity index (χ2v) is 9.65. The van der Waals surface area contributed by atoms with Crippen LogP contribution >= 0.6 is 0 Å². The van der Waals surface area contributed by atoms with Gasteiger partial charge in [0.2, 0.25) is 15.9 Å². The van der Waals surface area contributed by atoms with Crippen molar-refractivity contribution in [3.63, 3.8) is 0 Å². The molecule has 0 radical (unpaired) electrons. The van der Waals surface area contributed by atoms with Crippen molar-refractivity contribution >= 4 is 21.6 Å². The number of ether oxygens (including phenoxy) is 2. The van der Waals surface area contributed by atoms with Crippen molar-refractivity contribution in [2.75, 3.05) is 30.8 Å². The third-order valence-corrected chi connectivity index (χ3v) is 5.82. The molecule has 0 bridgehead atoms. The van der Waals surface area contributed by atoms with Crippen molar-refractivity contribution < 1.29 is 22.7 Å². The molecule has 7 nitrogen and oxygen atoms in total. The van der Waals surface area contributed by atoms with Crippen LogP contribution in [0.4, 0.5) is 5.69 Å². The number of aryl methyl sites for hydroxylation is 2. The van der Waals surface area contributed by atoms with Crippen molar-refractivity contribution in [2.24, 2.45) is 0 Å². The summed E-state index contributed by atoms with van der Waals surface area (Å²) >= 11 is 0. The highest BCUT2D eigenvalue weighted by atomic mass is 32.2. The van der Waals surface area contributed by atoms with E-state index >= 15 is 0 Å². The number of nitrogens with zero attached hydrogens (tertiary/aromatic N) is 1. The first-order chi connectivity index (χ1) is 14.6. The standard InChI is InChI=1S/C23H32N2O5S/c1-17-13-18(2)15-20(14-17)25(31(5,27)28)12-6-7-23(26)24-19(3)16-30-22-10-8-21(29-4)9-11-22/h8-11,13-15,19H,6-7,12,16H2,1-5H3,(H,24,26)/t19-/m0/s1. The van der Waals surface area contributed by atoms with Gasteiger partial charge < -0.3 is 14.8 Å². The number of carbonyl (C=O) groups excluding carboxylic acids is 1. The first-order valence-corrected chi connectivity index (χ1v) is 12.1. The van der Waals surface area contributed by atoms with Crippen LogP contribution in [0.5, 0.6) is 11.5 Å². The maximum absolute atomic E-state index is 12.3. The Morgan fingerprint density at radius 3 is 2.19 bits per heavy atom. The summed E-state index contributed by atoms with van der Waals surface area (Å²) in [5.74, 6) is 1.30. The zero-order valence-electron chi connectivity index (χ0n) is 18.8. The number of sulfonamides is 1. The van der Waals surface area contributed by atoms with Crippen molar-refractivity contribution in [3.8, 4) is 11.5 Å². The third-order valence-electron chi connectivity index (χ3n) is 4.63. The number of benzene rings is 2. The fourth-order valence-electron chi connectivity index (χ4n) is 3.25. The quantitative estimate of drug-likeness (QED) is 0.569. The summed E-state index contributed by atoms with van der Waals surface area (Å²) in [5.41, 5.74) is 2.61. The lowest BCUT2D eigenvalue weighted by atomic mass is 10.1. The normalized spacial score (nSPS) is 12.2. The Hall–Kier alpha value is -2.74. The smallest absolute Gasteiger partial charge is 0.232 e. The fourth-order valence-corrected chi connectivity index (χ4v) is 4.20. The first-order valence-electron chi connectivity index (χ1n) is 10.2. The van der Waals surface area contributed by atoms with Gasteiger partial charge in [-0.1, -0.05) is 6.07 Å². The predicted octanol–water partition coefficient (Wildman–Crippen LogP) is 3.44. The number of hydrogen-bond donors (Lipinski definition) is 1. The topological polar surface area (TPSA) is 84.9 Å². The zero-order valence-corrected chi connectivity index (χ0v) is 19.7. The van der Waals surface area contributed by atoms with Gasteiger partial charge in [-0.2, -0.15) is 0 Å². The Kier molecular flexibility index (Phi) is 8.74. The van der Waals surface area contributed by atoms with Crippen LogP contribution in [0.3, 0.4) is 0 Å². The van der Waals surface area contributed by atoms with E-state index in [4.69, 9.17) is 9.47 Å². The van der Waals surface area contributed by atoms with Gasteiger partial charge in [0.1, 0.15) is 18.1 Å². The van der Waals surface area contributed by atoms with E-state index in [-0.39, 0.29) is 24.9 Å². The Balaban J connectivity index is 1.83. The van der Waals surface area contributed by atoms with Crippen molar-refractivity contribution in [2.45, 2.75) is 39.7 Å². The summed E-state index contributed by atoms with van der Waals surface area (Å²) in [6, 6.07) is 12.7. The van der Waals surface area contributed by atoms with E-state index < -0.39 is 10.0 Å². The molecule has 31 heavy (non-hydrogen) atoms. The van der Waals surface area contributed by atoms with Gasteiger partial charge in [-0.25, -0.2) is 8.42 Å². The van der Waals surface area contributed by atoms with Crippen molar-refractivity contribution in [3.05, 3.63) is 53.6 Å². The largest absolute Gasteiger partial charge is 0.497 e. The van der Waals surface area contributed by atoms with Gasteiger partial charge >= 0.3 is 0 Å². The van der Waals surface area contributed by atoms with E-state index in [1.54, 1.807) is 19.2 Å². The average molecular weight is 449 g/mol. The van der Waals surface area contributed by atoms with Crippen LogP contribution in [0.1, 0.15) is 30.9 Å². The van der Waals surface area contributed by atoms with E-state index in [9.17, 15) is 13.2 Å². The number of methoxy groups -OCH3 is 1. The minimum Gasteiger partial charge on any atom is -0.497 e. The molecule has 170 valence electrons. The lowest BCUT2D eigenvalue weighted by molar-refractivity contribution is -0.121. The molecule has 0 aliphatic carbocycles. The van der Waals surface area contributed by atoms with Crippen molar-refractivity contribution in [1.29, 1.82) is 0 Å². The molecular formula is C23H32N2O5S. The summed E-state index contributed by atoms with van der Waals surface area (Å²) in [5, 5.41) is 2.89. The Bertz CT molecular complexity index is 954.